The molecule has 1 N–H and O–H groups in total. The van der Waals surface area contributed by atoms with Gasteiger partial charge in [-0.3, -0.25) is 13.9 Å². The number of sulfonamides is 1. The van der Waals surface area contributed by atoms with Crippen molar-refractivity contribution < 1.29 is 22.4 Å². The van der Waals surface area contributed by atoms with Crippen molar-refractivity contribution in [3.63, 3.8) is 0 Å². The van der Waals surface area contributed by atoms with E-state index in [2.05, 4.69) is 5.32 Å². The van der Waals surface area contributed by atoms with Gasteiger partial charge in [0.2, 0.25) is 11.8 Å². The molecule has 1 atom stereocenters. The van der Waals surface area contributed by atoms with Crippen molar-refractivity contribution in [2.75, 3.05) is 10.8 Å². The fourth-order valence-corrected chi connectivity index (χ4v) is 6.41. The Labute approximate surface area is 236 Å². The number of halogens is 1. The lowest BCUT2D eigenvalue weighted by Gasteiger charge is -2.33. The largest absolute Gasteiger partial charge is 0.352 e. The zero-order valence-corrected chi connectivity index (χ0v) is 23.7. The molecule has 1 unspecified atom stereocenters. The molecule has 7 nitrogen and oxygen atoms in total. The average molecular weight is 566 g/mol. The summed E-state index contributed by atoms with van der Waals surface area (Å²) in [6, 6.07) is 19.5. The summed E-state index contributed by atoms with van der Waals surface area (Å²) in [5.74, 6) is -1.34. The second-order valence-electron chi connectivity index (χ2n) is 10.3. The fourth-order valence-electron chi connectivity index (χ4n) is 4.98. The molecule has 9 heteroatoms. The number of aryl methyl sites for hydroxylation is 1. The standard InChI is InChI=1S/C31H36FN3O4S/c1-23-11-9-10-12-25(23)21-34(24(2)31(37)33-27-13-5-3-6-14-27)30(36)22-35(28-19-17-26(32)18-20-28)40(38,39)29-15-7-4-8-16-29/h4,7-12,15-20,24,27H,3,5-6,13-14,21-22H2,1-2H3,(H,33,37). The molecule has 3 aromatic carbocycles. The predicted molar refractivity (Wildman–Crippen MR) is 154 cm³/mol. The highest BCUT2D eigenvalue weighted by Gasteiger charge is 2.33. The molecule has 0 radical (unpaired) electrons. The van der Waals surface area contributed by atoms with Crippen LogP contribution >= 0.6 is 0 Å². The minimum Gasteiger partial charge on any atom is -0.352 e. The molecule has 0 aromatic heterocycles. The summed E-state index contributed by atoms with van der Waals surface area (Å²) in [5, 5.41) is 3.10. The van der Waals surface area contributed by atoms with E-state index in [1.54, 1.807) is 25.1 Å². The van der Waals surface area contributed by atoms with Gasteiger partial charge in [-0.1, -0.05) is 61.7 Å². The first kappa shape index (κ1) is 29.3. The molecular formula is C31H36FN3O4S. The number of anilines is 1. The lowest BCUT2D eigenvalue weighted by Crippen LogP contribution is -2.53. The topological polar surface area (TPSA) is 86.8 Å². The predicted octanol–water partition coefficient (Wildman–Crippen LogP) is 5.20. The van der Waals surface area contributed by atoms with Crippen LogP contribution in [0.15, 0.2) is 83.8 Å². The van der Waals surface area contributed by atoms with Gasteiger partial charge in [-0.2, -0.15) is 0 Å². The smallest absolute Gasteiger partial charge is 0.264 e. The van der Waals surface area contributed by atoms with E-state index in [9.17, 15) is 22.4 Å². The number of rotatable bonds is 10. The highest BCUT2D eigenvalue weighted by Crippen LogP contribution is 2.25. The van der Waals surface area contributed by atoms with Crippen LogP contribution in [0.1, 0.15) is 50.2 Å². The van der Waals surface area contributed by atoms with E-state index in [0.29, 0.717) is 0 Å². The number of hydrogen-bond acceptors (Lipinski definition) is 4. The van der Waals surface area contributed by atoms with Crippen molar-refractivity contribution in [3.05, 3.63) is 95.8 Å². The SMILES string of the molecule is Cc1ccccc1CN(C(=O)CN(c1ccc(F)cc1)S(=O)(=O)c1ccccc1)C(C)C(=O)NC1CCCCC1. The van der Waals surface area contributed by atoms with Crippen LogP contribution in [-0.2, 0) is 26.2 Å². The molecule has 40 heavy (non-hydrogen) atoms. The van der Waals surface area contributed by atoms with Gasteiger partial charge in [0, 0.05) is 12.6 Å². The molecular weight excluding hydrogens is 529 g/mol. The molecule has 0 spiro atoms. The van der Waals surface area contributed by atoms with Crippen LogP contribution in [0.4, 0.5) is 10.1 Å². The molecule has 0 saturated heterocycles. The van der Waals surface area contributed by atoms with Crippen LogP contribution in [0.2, 0.25) is 0 Å². The van der Waals surface area contributed by atoms with Gasteiger partial charge in [-0.15, -0.1) is 0 Å². The first-order valence-electron chi connectivity index (χ1n) is 13.6. The van der Waals surface area contributed by atoms with Gasteiger partial charge in [0.15, 0.2) is 0 Å². The Balaban J connectivity index is 1.67. The van der Waals surface area contributed by atoms with Crippen molar-refractivity contribution in [1.82, 2.24) is 10.2 Å². The van der Waals surface area contributed by atoms with E-state index in [0.717, 1.165) is 59.7 Å². The Bertz CT molecular complexity index is 1410. The minimum atomic E-state index is -4.18. The van der Waals surface area contributed by atoms with Crippen LogP contribution in [0.3, 0.4) is 0 Å². The number of hydrogen-bond donors (Lipinski definition) is 1. The zero-order valence-electron chi connectivity index (χ0n) is 22.9. The first-order valence-corrected chi connectivity index (χ1v) is 15.1. The number of carbonyl (C=O) groups is 2. The van der Waals surface area contributed by atoms with Gasteiger partial charge in [0.25, 0.3) is 10.0 Å². The third-order valence-corrected chi connectivity index (χ3v) is 9.23. The van der Waals surface area contributed by atoms with Crippen molar-refractivity contribution in [3.8, 4) is 0 Å². The maximum absolute atomic E-state index is 14.0. The molecule has 1 fully saturated rings. The van der Waals surface area contributed by atoms with E-state index >= 15 is 0 Å². The van der Waals surface area contributed by atoms with Crippen LogP contribution in [0.25, 0.3) is 0 Å². The van der Waals surface area contributed by atoms with Gasteiger partial charge in [-0.25, -0.2) is 12.8 Å². The highest BCUT2D eigenvalue weighted by atomic mass is 32.2. The number of carbonyl (C=O) groups excluding carboxylic acids is 2. The lowest BCUT2D eigenvalue weighted by atomic mass is 9.95. The maximum Gasteiger partial charge on any atom is 0.264 e. The average Bonchev–Trinajstić information content (AvgIpc) is 2.96. The van der Waals surface area contributed by atoms with Gasteiger partial charge in [0.1, 0.15) is 18.4 Å². The van der Waals surface area contributed by atoms with E-state index in [1.165, 1.54) is 29.2 Å². The van der Waals surface area contributed by atoms with Gasteiger partial charge in [-0.05, 0) is 74.2 Å². The molecule has 1 aliphatic rings. The van der Waals surface area contributed by atoms with E-state index in [4.69, 9.17) is 0 Å². The Morgan fingerprint density at radius 2 is 1.55 bits per heavy atom. The van der Waals surface area contributed by atoms with Gasteiger partial charge >= 0.3 is 0 Å². The Morgan fingerprint density at radius 3 is 2.20 bits per heavy atom. The molecule has 0 aliphatic heterocycles. The van der Waals surface area contributed by atoms with Crippen molar-refractivity contribution >= 4 is 27.5 Å². The summed E-state index contributed by atoms with van der Waals surface area (Å²) in [7, 11) is -4.18. The Hall–Kier alpha value is -3.72. The van der Waals surface area contributed by atoms with E-state index in [-0.39, 0.29) is 29.1 Å². The number of nitrogens with one attached hydrogen (secondary N) is 1. The summed E-state index contributed by atoms with van der Waals surface area (Å²) < 4.78 is 42.2. The third-order valence-electron chi connectivity index (χ3n) is 7.45. The van der Waals surface area contributed by atoms with E-state index < -0.39 is 34.3 Å². The summed E-state index contributed by atoms with van der Waals surface area (Å²) >= 11 is 0. The Kier molecular flexibility index (Phi) is 9.58. The number of amides is 2. The lowest BCUT2D eigenvalue weighted by molar-refractivity contribution is -0.139. The molecule has 2 amide bonds. The molecule has 0 heterocycles. The van der Waals surface area contributed by atoms with Gasteiger partial charge < -0.3 is 10.2 Å². The maximum atomic E-state index is 14.0. The third kappa shape index (κ3) is 7.07. The van der Waals surface area contributed by atoms with Crippen molar-refractivity contribution in [2.24, 2.45) is 0 Å². The normalized spacial score (nSPS) is 14.8. The Morgan fingerprint density at radius 1 is 0.925 bits per heavy atom. The van der Waals surface area contributed by atoms with Crippen molar-refractivity contribution in [2.45, 2.75) is 69.5 Å². The molecule has 1 aliphatic carbocycles. The van der Waals surface area contributed by atoms with E-state index in [1.807, 2.05) is 31.2 Å². The monoisotopic (exact) mass is 565 g/mol. The number of nitrogens with zero attached hydrogens (tertiary/aromatic N) is 2. The summed E-state index contributed by atoms with van der Waals surface area (Å²) in [5.41, 5.74) is 1.95. The summed E-state index contributed by atoms with van der Waals surface area (Å²) in [6.45, 7) is 3.17. The molecule has 1 saturated carbocycles. The van der Waals surface area contributed by atoms with Crippen LogP contribution in [0, 0.1) is 12.7 Å². The quantitative estimate of drug-likeness (QED) is 0.366. The zero-order chi connectivity index (χ0) is 28.7. The molecule has 3 aromatic rings. The fraction of sp³-hybridized carbons (Fsp3) is 0.355. The first-order chi connectivity index (χ1) is 19.2. The number of benzene rings is 3. The highest BCUT2D eigenvalue weighted by molar-refractivity contribution is 7.92. The summed E-state index contributed by atoms with van der Waals surface area (Å²) in [4.78, 5) is 28.8. The minimum absolute atomic E-state index is 0.000619. The van der Waals surface area contributed by atoms with Gasteiger partial charge in [0.05, 0.1) is 10.6 Å². The molecule has 4 rings (SSSR count). The molecule has 212 valence electrons. The van der Waals surface area contributed by atoms with Crippen LogP contribution in [0.5, 0.6) is 0 Å². The van der Waals surface area contributed by atoms with Crippen molar-refractivity contribution in [1.29, 1.82) is 0 Å². The summed E-state index contributed by atoms with van der Waals surface area (Å²) in [6.07, 6.45) is 5.05. The molecule has 0 bridgehead atoms. The second kappa shape index (κ2) is 13.1. The second-order valence-corrected chi connectivity index (χ2v) is 12.1. The van der Waals surface area contributed by atoms with Crippen LogP contribution < -0.4 is 9.62 Å². The van der Waals surface area contributed by atoms with Crippen LogP contribution in [-0.4, -0.2) is 43.8 Å².